The summed E-state index contributed by atoms with van der Waals surface area (Å²) >= 11 is 0. The summed E-state index contributed by atoms with van der Waals surface area (Å²) in [5.41, 5.74) is 0.986. The van der Waals surface area contributed by atoms with Gasteiger partial charge in [0.2, 0.25) is 5.91 Å². The van der Waals surface area contributed by atoms with Gasteiger partial charge in [-0.3, -0.25) is 4.79 Å². The van der Waals surface area contributed by atoms with Crippen molar-refractivity contribution in [3.05, 3.63) is 30.3 Å². The number of nitrogens with one attached hydrogen (secondary N) is 2. The summed E-state index contributed by atoms with van der Waals surface area (Å²) in [5, 5.41) is 6.01. The molecule has 1 aliphatic carbocycles. The molecule has 1 aliphatic rings. The molecule has 0 spiro atoms. The quantitative estimate of drug-likeness (QED) is 0.819. The van der Waals surface area contributed by atoms with Crippen LogP contribution in [0, 0.1) is 5.92 Å². The highest BCUT2D eigenvalue weighted by Crippen LogP contribution is 2.31. The smallest absolute Gasteiger partial charge is 0.239 e. The van der Waals surface area contributed by atoms with Crippen LogP contribution in [0.4, 0.5) is 5.69 Å². The topological polar surface area (TPSA) is 41.1 Å². The Bertz CT molecular complexity index is 339. The Morgan fingerprint density at radius 2 is 1.94 bits per heavy atom. The fourth-order valence-electron chi connectivity index (χ4n) is 1.62. The molecule has 0 saturated heterocycles. The Labute approximate surface area is 108 Å². The van der Waals surface area contributed by atoms with Crippen LogP contribution in [0.25, 0.3) is 0 Å². The summed E-state index contributed by atoms with van der Waals surface area (Å²) in [6.45, 7) is 1.18. The molecule has 2 N–H and O–H groups in total. The number of anilines is 1. The molecule has 1 fully saturated rings. The number of hydrogen-bond donors (Lipinski definition) is 2. The number of amides is 1. The number of para-hydroxylation sites is 1. The first kappa shape index (κ1) is 13.8. The molecule has 1 aromatic carbocycles. The van der Waals surface area contributed by atoms with E-state index in [1.807, 2.05) is 30.3 Å². The normalized spacial score (nSPS) is 13.6. The van der Waals surface area contributed by atoms with E-state index in [2.05, 4.69) is 10.6 Å². The Morgan fingerprint density at radius 3 is 2.59 bits per heavy atom. The van der Waals surface area contributed by atoms with E-state index in [4.69, 9.17) is 0 Å². The van der Waals surface area contributed by atoms with Gasteiger partial charge in [-0.1, -0.05) is 31.0 Å². The van der Waals surface area contributed by atoms with E-state index in [1.165, 1.54) is 12.8 Å². The van der Waals surface area contributed by atoms with E-state index in [0.717, 1.165) is 24.6 Å². The van der Waals surface area contributed by atoms with Gasteiger partial charge in [-0.15, -0.1) is 12.4 Å². The van der Waals surface area contributed by atoms with E-state index in [-0.39, 0.29) is 18.3 Å². The Kier molecular flexibility index (Phi) is 5.84. The predicted octanol–water partition coefficient (Wildman–Crippen LogP) is 2.44. The lowest BCUT2D eigenvalue weighted by Gasteiger charge is -2.07. The second kappa shape index (κ2) is 7.17. The monoisotopic (exact) mass is 254 g/mol. The van der Waals surface area contributed by atoms with E-state index in [0.29, 0.717) is 6.54 Å². The third kappa shape index (κ3) is 5.59. The molecule has 0 unspecified atom stereocenters. The second-order valence-corrected chi connectivity index (χ2v) is 4.30. The van der Waals surface area contributed by atoms with Crippen molar-refractivity contribution in [3.8, 4) is 0 Å². The summed E-state index contributed by atoms with van der Waals surface area (Å²) < 4.78 is 0. The molecule has 2 rings (SSSR count). The van der Waals surface area contributed by atoms with Crippen molar-refractivity contribution >= 4 is 24.0 Å². The van der Waals surface area contributed by atoms with Crippen molar-refractivity contribution in [2.75, 3.05) is 18.4 Å². The van der Waals surface area contributed by atoms with Crippen LogP contribution < -0.4 is 10.6 Å². The van der Waals surface area contributed by atoms with Gasteiger partial charge in [0.05, 0.1) is 6.54 Å². The van der Waals surface area contributed by atoms with E-state index >= 15 is 0 Å². The van der Waals surface area contributed by atoms with Gasteiger partial charge in [0.25, 0.3) is 0 Å². The minimum atomic E-state index is 0. The zero-order chi connectivity index (χ0) is 11.2. The Hall–Kier alpha value is -1.22. The second-order valence-electron chi connectivity index (χ2n) is 4.30. The van der Waals surface area contributed by atoms with Gasteiger partial charge in [-0.05, 0) is 24.5 Å². The minimum Gasteiger partial charge on any atom is -0.376 e. The average Bonchev–Trinajstić information content (AvgIpc) is 3.12. The van der Waals surface area contributed by atoms with Gasteiger partial charge < -0.3 is 10.6 Å². The maximum Gasteiger partial charge on any atom is 0.239 e. The van der Waals surface area contributed by atoms with Crippen molar-refractivity contribution in [1.29, 1.82) is 0 Å². The lowest BCUT2D eigenvalue weighted by Crippen LogP contribution is -2.30. The molecule has 0 aliphatic heterocycles. The molecule has 1 saturated carbocycles. The average molecular weight is 255 g/mol. The molecule has 0 aromatic heterocycles. The van der Waals surface area contributed by atoms with E-state index in [9.17, 15) is 4.79 Å². The molecular formula is C13H19ClN2O. The zero-order valence-electron chi connectivity index (χ0n) is 9.82. The summed E-state index contributed by atoms with van der Waals surface area (Å²) in [5.74, 6) is 0.951. The van der Waals surface area contributed by atoms with Crippen molar-refractivity contribution in [1.82, 2.24) is 5.32 Å². The maximum absolute atomic E-state index is 11.4. The van der Waals surface area contributed by atoms with E-state index in [1.54, 1.807) is 0 Å². The third-order valence-electron chi connectivity index (χ3n) is 2.80. The lowest BCUT2D eigenvalue weighted by molar-refractivity contribution is -0.119. The van der Waals surface area contributed by atoms with Crippen LogP contribution in [0.5, 0.6) is 0 Å². The maximum atomic E-state index is 11.4. The van der Waals surface area contributed by atoms with Crippen LogP contribution in [0.3, 0.4) is 0 Å². The van der Waals surface area contributed by atoms with E-state index < -0.39 is 0 Å². The van der Waals surface area contributed by atoms with Crippen LogP contribution in [0.15, 0.2) is 30.3 Å². The van der Waals surface area contributed by atoms with Gasteiger partial charge in [-0.25, -0.2) is 0 Å². The Morgan fingerprint density at radius 1 is 1.24 bits per heavy atom. The summed E-state index contributed by atoms with van der Waals surface area (Å²) in [7, 11) is 0. The zero-order valence-corrected chi connectivity index (χ0v) is 10.6. The standard InChI is InChI=1S/C13H18N2O.ClH/c16-13(14-9-8-11-6-7-11)10-15-12-4-2-1-3-5-12;/h1-5,11,15H,6-10H2,(H,14,16);1H. The number of carbonyl (C=O) groups excluding carboxylic acids is 1. The fourth-order valence-corrected chi connectivity index (χ4v) is 1.62. The molecule has 0 atom stereocenters. The highest BCUT2D eigenvalue weighted by atomic mass is 35.5. The largest absolute Gasteiger partial charge is 0.376 e. The molecule has 3 nitrogen and oxygen atoms in total. The third-order valence-corrected chi connectivity index (χ3v) is 2.80. The SMILES string of the molecule is Cl.O=C(CNc1ccccc1)NCCC1CC1. The van der Waals surface area contributed by atoms with Crippen LogP contribution in [0.1, 0.15) is 19.3 Å². The van der Waals surface area contributed by atoms with Crippen molar-refractivity contribution in [2.24, 2.45) is 5.92 Å². The summed E-state index contributed by atoms with van der Waals surface area (Å²) in [6.07, 6.45) is 3.83. The molecule has 0 radical (unpaired) electrons. The van der Waals surface area contributed by atoms with Gasteiger partial charge in [0.15, 0.2) is 0 Å². The fraction of sp³-hybridized carbons (Fsp3) is 0.462. The molecule has 17 heavy (non-hydrogen) atoms. The number of hydrogen-bond acceptors (Lipinski definition) is 2. The van der Waals surface area contributed by atoms with Crippen molar-refractivity contribution in [2.45, 2.75) is 19.3 Å². The highest BCUT2D eigenvalue weighted by Gasteiger charge is 2.20. The van der Waals surface area contributed by atoms with Crippen LogP contribution in [-0.2, 0) is 4.79 Å². The first-order valence-electron chi connectivity index (χ1n) is 5.90. The predicted molar refractivity (Wildman–Crippen MR) is 72.5 cm³/mol. The molecule has 1 amide bonds. The lowest BCUT2D eigenvalue weighted by atomic mass is 10.3. The van der Waals surface area contributed by atoms with Gasteiger partial charge >= 0.3 is 0 Å². The molecule has 4 heteroatoms. The van der Waals surface area contributed by atoms with Crippen LogP contribution >= 0.6 is 12.4 Å². The van der Waals surface area contributed by atoms with Gasteiger partial charge in [0, 0.05) is 12.2 Å². The molecular weight excluding hydrogens is 236 g/mol. The van der Waals surface area contributed by atoms with Crippen LogP contribution in [0.2, 0.25) is 0 Å². The number of rotatable bonds is 6. The summed E-state index contributed by atoms with van der Waals surface area (Å²) in [4.78, 5) is 11.4. The van der Waals surface area contributed by atoms with Gasteiger partial charge in [-0.2, -0.15) is 0 Å². The number of carbonyl (C=O) groups is 1. The van der Waals surface area contributed by atoms with Crippen molar-refractivity contribution < 1.29 is 4.79 Å². The highest BCUT2D eigenvalue weighted by molar-refractivity contribution is 5.85. The van der Waals surface area contributed by atoms with Crippen molar-refractivity contribution in [3.63, 3.8) is 0 Å². The molecule has 0 heterocycles. The molecule has 0 bridgehead atoms. The number of halogens is 1. The first-order valence-corrected chi connectivity index (χ1v) is 5.90. The summed E-state index contributed by atoms with van der Waals surface area (Å²) in [6, 6.07) is 9.77. The molecule has 1 aromatic rings. The van der Waals surface area contributed by atoms with Crippen LogP contribution in [-0.4, -0.2) is 19.0 Å². The Balaban J connectivity index is 0.00000144. The minimum absolute atomic E-state index is 0. The van der Waals surface area contributed by atoms with Gasteiger partial charge in [0.1, 0.15) is 0 Å². The molecule has 94 valence electrons. The first-order chi connectivity index (χ1) is 7.84. The number of benzene rings is 1.